The van der Waals surface area contributed by atoms with E-state index in [0.717, 1.165) is 24.0 Å². The van der Waals surface area contributed by atoms with Gasteiger partial charge in [-0.2, -0.15) is 0 Å². The van der Waals surface area contributed by atoms with Crippen molar-refractivity contribution in [3.63, 3.8) is 0 Å². The first-order chi connectivity index (χ1) is 15.5. The molecule has 34 heavy (non-hydrogen) atoms. The number of nitrogens with one attached hydrogen (secondary N) is 1. The van der Waals surface area contributed by atoms with Gasteiger partial charge in [-0.3, -0.25) is 4.79 Å². The van der Waals surface area contributed by atoms with Gasteiger partial charge >= 0.3 is 0 Å². The molecule has 0 bridgehead atoms. The maximum absolute atomic E-state index is 13.0. The third kappa shape index (κ3) is 6.85. The summed E-state index contributed by atoms with van der Waals surface area (Å²) in [6.07, 6.45) is 8.79. The highest BCUT2D eigenvalue weighted by molar-refractivity contribution is 7.80. The Hall–Kier alpha value is -2.82. The number of benzene rings is 2. The Labute approximate surface area is 211 Å². The van der Waals surface area contributed by atoms with Gasteiger partial charge in [0.25, 0.3) is 0 Å². The van der Waals surface area contributed by atoms with Crippen LogP contribution in [0.4, 0.5) is 0 Å². The lowest BCUT2D eigenvalue weighted by atomic mass is 9.80. The van der Waals surface area contributed by atoms with E-state index in [-0.39, 0.29) is 24.6 Å². The van der Waals surface area contributed by atoms with Crippen LogP contribution in [-0.2, 0) is 17.6 Å². The summed E-state index contributed by atoms with van der Waals surface area (Å²) in [5.74, 6) is 0.240. The molecule has 3 nitrogen and oxygen atoms in total. The van der Waals surface area contributed by atoms with Crippen molar-refractivity contribution in [3.8, 4) is 0 Å². The lowest BCUT2D eigenvalue weighted by molar-refractivity contribution is -0.117. The number of aryl methyl sites for hydroxylation is 1. The minimum absolute atomic E-state index is 0. The molecule has 3 N–H and O–H groups in total. The van der Waals surface area contributed by atoms with E-state index in [1.54, 1.807) is 6.08 Å². The smallest absolute Gasteiger partial charge is 0.170 e. The van der Waals surface area contributed by atoms with Gasteiger partial charge in [0.2, 0.25) is 0 Å². The molecule has 1 fully saturated rings. The van der Waals surface area contributed by atoms with E-state index in [2.05, 4.69) is 79.5 Å². The van der Waals surface area contributed by atoms with Gasteiger partial charge in [-0.15, -0.1) is 6.58 Å². The number of carbonyl (C=O) groups is 1. The first-order valence-electron chi connectivity index (χ1n) is 11.5. The number of carbonyl (C=O) groups excluding carboxylic acids is 1. The molecule has 2 aromatic rings. The Kier molecular flexibility index (Phi) is 11.8. The summed E-state index contributed by atoms with van der Waals surface area (Å²) in [4.78, 5) is 13.7. The second-order valence-electron chi connectivity index (χ2n) is 8.26. The first kappa shape index (κ1) is 29.2. The van der Waals surface area contributed by atoms with Crippen LogP contribution in [-0.4, -0.2) is 22.8 Å². The zero-order valence-corrected chi connectivity index (χ0v) is 20.7. The Morgan fingerprint density at radius 1 is 1.12 bits per heavy atom. The maximum atomic E-state index is 13.0. The highest BCUT2D eigenvalue weighted by atomic mass is 32.1. The van der Waals surface area contributed by atoms with Crippen molar-refractivity contribution in [1.29, 1.82) is 0 Å². The van der Waals surface area contributed by atoms with E-state index in [9.17, 15) is 4.79 Å². The summed E-state index contributed by atoms with van der Waals surface area (Å²) in [5.41, 5.74) is 7.14. The van der Waals surface area contributed by atoms with Gasteiger partial charge in [-0.05, 0) is 60.4 Å². The summed E-state index contributed by atoms with van der Waals surface area (Å²) in [6.45, 7) is 10.4. The van der Waals surface area contributed by atoms with Crippen molar-refractivity contribution in [2.24, 2.45) is 11.8 Å². The van der Waals surface area contributed by atoms with Crippen molar-refractivity contribution in [1.82, 2.24) is 5.32 Å². The minimum Gasteiger partial charge on any atom is -0.412 e. The van der Waals surface area contributed by atoms with Crippen LogP contribution in [0.25, 0.3) is 5.57 Å². The number of thiocarbonyl (C=S) groups is 1. The molecule has 1 saturated heterocycles. The first-order valence-corrected chi connectivity index (χ1v) is 11.9. The summed E-state index contributed by atoms with van der Waals surface area (Å²) < 4.78 is 0. The molecular formula is C30H39NO2S. The highest BCUT2D eigenvalue weighted by Gasteiger charge is 2.30. The Morgan fingerprint density at radius 3 is 2.47 bits per heavy atom. The molecular weight excluding hydrogens is 438 g/mol. The van der Waals surface area contributed by atoms with Crippen LogP contribution in [0.1, 0.15) is 49.9 Å². The lowest BCUT2D eigenvalue weighted by Gasteiger charge is -2.27. The Bertz CT molecular complexity index is 1050. The average molecular weight is 478 g/mol. The summed E-state index contributed by atoms with van der Waals surface area (Å²) in [7, 11) is 0. The zero-order chi connectivity index (χ0) is 23.1. The van der Waals surface area contributed by atoms with Crippen molar-refractivity contribution >= 4 is 28.6 Å². The molecule has 2 aliphatic rings. The molecule has 2 atom stereocenters. The molecule has 2 aromatic carbocycles. The average Bonchev–Trinajstić information content (AvgIpc) is 2.81. The zero-order valence-electron chi connectivity index (χ0n) is 19.9. The Morgan fingerprint density at radius 2 is 1.79 bits per heavy atom. The van der Waals surface area contributed by atoms with E-state index < -0.39 is 0 Å². The van der Waals surface area contributed by atoms with Crippen molar-refractivity contribution in [3.05, 3.63) is 101 Å². The van der Waals surface area contributed by atoms with Gasteiger partial charge in [0.15, 0.2) is 5.78 Å². The van der Waals surface area contributed by atoms with E-state index in [1.807, 2.05) is 13.8 Å². The van der Waals surface area contributed by atoms with Crippen LogP contribution in [0.5, 0.6) is 0 Å². The highest BCUT2D eigenvalue weighted by Crippen LogP contribution is 2.33. The second-order valence-corrected chi connectivity index (χ2v) is 8.70. The molecule has 1 aliphatic carbocycles. The van der Waals surface area contributed by atoms with Crippen molar-refractivity contribution < 1.29 is 10.3 Å². The van der Waals surface area contributed by atoms with Gasteiger partial charge in [-0.25, -0.2) is 0 Å². The second kappa shape index (κ2) is 13.8. The number of Topliss-reactive ketones (excluding diaryl/α,β-unsaturated/α-hetero) is 1. The van der Waals surface area contributed by atoms with Crippen molar-refractivity contribution in [2.75, 3.05) is 6.54 Å². The number of piperidine rings is 1. The van der Waals surface area contributed by atoms with Crippen LogP contribution in [0.15, 0.2) is 78.9 Å². The summed E-state index contributed by atoms with van der Waals surface area (Å²) >= 11 is 5.37. The standard InChI is InChI=1S/C27H27NOS.C2H6.CH4.H2O/c1-3-6-25-26(29)23(17-28-27(25)30)16-22-15-20(13-19-11-9-18(2)10-12-19)14-21-7-4-5-8-24(21)22;1-2;;/h3-5,7-12,15-16,20,25H,1,6,13-14,17H2,2H3,(H,28,30);1-2H3;1H4;1H2/b23-16+;;;. The quantitative estimate of drug-likeness (QED) is 0.315. The summed E-state index contributed by atoms with van der Waals surface area (Å²) in [6, 6.07) is 17.3. The largest absolute Gasteiger partial charge is 0.412 e. The normalized spacial score (nSPS) is 19.9. The molecule has 2 unspecified atom stereocenters. The van der Waals surface area contributed by atoms with Gasteiger partial charge in [0.1, 0.15) is 0 Å². The topological polar surface area (TPSA) is 60.6 Å². The number of hydrogen-bond acceptors (Lipinski definition) is 2. The molecule has 0 saturated carbocycles. The van der Waals surface area contributed by atoms with Crippen LogP contribution in [0.2, 0.25) is 0 Å². The van der Waals surface area contributed by atoms with E-state index in [1.165, 1.54) is 22.3 Å². The molecule has 0 amide bonds. The monoisotopic (exact) mass is 477 g/mol. The van der Waals surface area contributed by atoms with Crippen LogP contribution in [0.3, 0.4) is 0 Å². The predicted molar refractivity (Wildman–Crippen MR) is 150 cm³/mol. The lowest BCUT2D eigenvalue weighted by Crippen LogP contribution is -2.42. The molecule has 1 aliphatic heterocycles. The molecule has 4 rings (SSSR count). The third-order valence-corrected chi connectivity index (χ3v) is 6.41. The van der Waals surface area contributed by atoms with E-state index in [4.69, 9.17) is 12.2 Å². The number of hydrogen-bond donors (Lipinski definition) is 1. The van der Waals surface area contributed by atoms with Gasteiger partial charge in [0.05, 0.1) is 10.9 Å². The van der Waals surface area contributed by atoms with Crippen LogP contribution >= 0.6 is 12.2 Å². The van der Waals surface area contributed by atoms with E-state index >= 15 is 0 Å². The third-order valence-electron chi connectivity index (χ3n) is 5.98. The Balaban J connectivity index is 0.00000141. The molecule has 1 heterocycles. The molecule has 182 valence electrons. The number of allylic oxidation sites excluding steroid dienone is 4. The number of ketones is 1. The molecule has 0 radical (unpaired) electrons. The molecule has 4 heteroatoms. The van der Waals surface area contributed by atoms with Gasteiger partial charge in [-0.1, -0.05) is 99.7 Å². The fourth-order valence-electron chi connectivity index (χ4n) is 4.38. The fourth-order valence-corrected chi connectivity index (χ4v) is 4.65. The van der Waals surface area contributed by atoms with Crippen LogP contribution < -0.4 is 5.32 Å². The van der Waals surface area contributed by atoms with Gasteiger partial charge < -0.3 is 10.8 Å². The molecule has 0 spiro atoms. The maximum Gasteiger partial charge on any atom is 0.170 e. The van der Waals surface area contributed by atoms with Crippen LogP contribution in [0, 0.1) is 18.8 Å². The molecule has 0 aromatic heterocycles. The van der Waals surface area contributed by atoms with Crippen molar-refractivity contribution in [2.45, 2.75) is 47.5 Å². The predicted octanol–water partition coefficient (Wildman–Crippen LogP) is 6.25. The number of fused-ring (bicyclic) bond motifs is 1. The number of rotatable bonds is 5. The van der Waals surface area contributed by atoms with Gasteiger partial charge in [0, 0.05) is 12.1 Å². The van der Waals surface area contributed by atoms with E-state index in [0.29, 0.717) is 23.9 Å². The summed E-state index contributed by atoms with van der Waals surface area (Å²) in [5, 5.41) is 3.23. The SMILES string of the molecule is C.C=CCC1C(=O)/C(=C/C2=CC(Cc3ccc(C)cc3)Cc3ccccc32)CNC1=S.CC.O. The minimum atomic E-state index is -0.291. The fraction of sp³-hybridized carbons (Fsp3) is 0.333.